The second-order valence-electron chi connectivity index (χ2n) is 11.9. The van der Waals surface area contributed by atoms with Gasteiger partial charge in [0.25, 0.3) is 5.91 Å². The number of hydrogen-bond acceptors (Lipinski definition) is 8. The zero-order chi connectivity index (χ0) is 34.4. The quantitative estimate of drug-likeness (QED) is 0.125. The fourth-order valence-electron chi connectivity index (χ4n) is 5.91. The SMILES string of the molecule is Cc1cc(C)c(S(=O)(=O)NC(CNC(=O)c2cn(CCc3ccccc3)c3cc(CNC4NC=CCN4)ccc3c2=O)C(=O)O)c(C)c1. The summed E-state index contributed by atoms with van der Waals surface area (Å²) >= 11 is 0. The summed E-state index contributed by atoms with van der Waals surface area (Å²) < 4.78 is 30.6. The maximum absolute atomic E-state index is 13.7. The molecule has 2 unspecified atom stereocenters. The van der Waals surface area contributed by atoms with Crippen molar-refractivity contribution in [2.45, 2.75) is 57.5 Å². The molecule has 0 saturated carbocycles. The monoisotopic (exact) mass is 672 g/mol. The summed E-state index contributed by atoms with van der Waals surface area (Å²) in [7, 11) is -4.25. The molecule has 13 heteroatoms. The van der Waals surface area contributed by atoms with Gasteiger partial charge >= 0.3 is 5.97 Å². The molecule has 3 aromatic carbocycles. The van der Waals surface area contributed by atoms with E-state index in [1.165, 1.54) is 6.20 Å². The van der Waals surface area contributed by atoms with Crippen LogP contribution in [0.2, 0.25) is 0 Å². The number of aliphatic carboxylic acids is 1. The Balaban J connectivity index is 1.40. The summed E-state index contributed by atoms with van der Waals surface area (Å²) in [6.07, 6.45) is 5.85. The van der Waals surface area contributed by atoms with Crippen LogP contribution in [0.5, 0.6) is 0 Å². The number of nitrogens with one attached hydrogen (secondary N) is 5. The number of aromatic nitrogens is 1. The topological polar surface area (TPSA) is 171 Å². The first-order chi connectivity index (χ1) is 22.9. The summed E-state index contributed by atoms with van der Waals surface area (Å²) in [5, 5.41) is 22.5. The smallest absolute Gasteiger partial charge is 0.323 e. The molecule has 0 saturated heterocycles. The van der Waals surface area contributed by atoms with Gasteiger partial charge in [-0.1, -0.05) is 60.2 Å². The third-order valence-electron chi connectivity index (χ3n) is 8.14. The molecule has 0 fully saturated rings. The fraction of sp³-hybridized carbons (Fsp3) is 0.286. The summed E-state index contributed by atoms with van der Waals surface area (Å²) in [6.45, 7) is 6.23. The first-order valence-electron chi connectivity index (χ1n) is 15.6. The Morgan fingerprint density at radius 3 is 2.42 bits per heavy atom. The molecule has 0 aliphatic carbocycles. The van der Waals surface area contributed by atoms with Crippen LogP contribution >= 0.6 is 0 Å². The van der Waals surface area contributed by atoms with Crippen LogP contribution in [0, 0.1) is 20.8 Å². The van der Waals surface area contributed by atoms with Crippen molar-refractivity contribution in [3.63, 3.8) is 0 Å². The third-order valence-corrected chi connectivity index (χ3v) is 9.92. The van der Waals surface area contributed by atoms with Crippen LogP contribution in [0.1, 0.15) is 38.2 Å². The predicted octanol–water partition coefficient (Wildman–Crippen LogP) is 2.41. The molecular weight excluding hydrogens is 632 g/mol. The van der Waals surface area contributed by atoms with Crippen molar-refractivity contribution >= 4 is 32.8 Å². The molecule has 6 N–H and O–H groups in total. The standard InChI is InChI=1S/C35H40N6O6S/c1-22-16-23(2)32(24(3)17-22)48(46,47)40-29(34(44)45)20-38-33(43)28-21-41(15-12-25-8-5-4-6-9-25)30-18-26(10-11-27(30)31(28)42)19-39-35-36-13-7-14-37-35/h4-11,13,16-18,21,29,35-37,39-40H,12,14-15,19-20H2,1-3H3,(H,38,43)(H,44,45). The Bertz CT molecular complexity index is 2000. The van der Waals surface area contributed by atoms with Gasteiger partial charge < -0.3 is 20.3 Å². The highest BCUT2D eigenvalue weighted by Crippen LogP contribution is 2.22. The number of hydrogen-bond donors (Lipinski definition) is 6. The molecular formula is C35H40N6O6S. The van der Waals surface area contributed by atoms with Gasteiger partial charge in [0.15, 0.2) is 0 Å². The van der Waals surface area contributed by atoms with Crippen LogP contribution in [-0.2, 0) is 34.3 Å². The number of pyridine rings is 1. The molecule has 0 spiro atoms. The Morgan fingerprint density at radius 1 is 1.02 bits per heavy atom. The van der Waals surface area contributed by atoms with Crippen LogP contribution in [0.25, 0.3) is 10.9 Å². The normalized spacial score (nSPS) is 15.2. The Labute approximate surface area is 279 Å². The van der Waals surface area contributed by atoms with Crippen molar-refractivity contribution in [3.8, 4) is 0 Å². The molecule has 0 radical (unpaired) electrons. The summed E-state index contributed by atoms with van der Waals surface area (Å²) in [5.41, 5.74) is 3.77. The number of amides is 1. The van der Waals surface area contributed by atoms with Crippen molar-refractivity contribution < 1.29 is 23.1 Å². The van der Waals surface area contributed by atoms with Crippen LogP contribution in [-0.4, -0.2) is 55.4 Å². The summed E-state index contributed by atoms with van der Waals surface area (Å²) in [6, 6.07) is 17.0. The van der Waals surface area contributed by atoms with Gasteiger partial charge in [-0.25, -0.2) is 8.42 Å². The lowest BCUT2D eigenvalue weighted by atomic mass is 10.1. The molecule has 4 aromatic rings. The van der Waals surface area contributed by atoms with E-state index in [4.69, 9.17) is 0 Å². The minimum absolute atomic E-state index is 0.0146. The predicted molar refractivity (Wildman–Crippen MR) is 184 cm³/mol. The first-order valence-corrected chi connectivity index (χ1v) is 17.1. The molecule has 1 aliphatic heterocycles. The van der Waals surface area contributed by atoms with Crippen molar-refractivity contribution in [1.82, 2.24) is 30.6 Å². The van der Waals surface area contributed by atoms with Crippen LogP contribution in [0.15, 0.2) is 88.8 Å². The van der Waals surface area contributed by atoms with E-state index in [-0.39, 0.29) is 16.7 Å². The number of fused-ring (bicyclic) bond motifs is 1. The number of sulfonamides is 1. The molecule has 252 valence electrons. The van der Waals surface area contributed by atoms with E-state index in [9.17, 15) is 27.9 Å². The maximum atomic E-state index is 13.7. The van der Waals surface area contributed by atoms with E-state index < -0.39 is 39.9 Å². The molecule has 1 aliphatic rings. The van der Waals surface area contributed by atoms with Gasteiger partial charge in [-0.2, -0.15) is 4.72 Å². The van der Waals surface area contributed by atoms with E-state index in [1.54, 1.807) is 32.0 Å². The Hall–Kier alpha value is -4.82. The molecule has 2 atom stereocenters. The third kappa shape index (κ3) is 8.17. The molecule has 0 bridgehead atoms. The lowest BCUT2D eigenvalue weighted by Gasteiger charge is -2.23. The highest BCUT2D eigenvalue weighted by molar-refractivity contribution is 7.89. The Morgan fingerprint density at radius 2 is 1.75 bits per heavy atom. The minimum atomic E-state index is -4.25. The van der Waals surface area contributed by atoms with Gasteiger partial charge in [-0.3, -0.25) is 25.0 Å². The van der Waals surface area contributed by atoms with Gasteiger partial charge in [-0.15, -0.1) is 0 Å². The number of rotatable bonds is 13. The zero-order valence-electron chi connectivity index (χ0n) is 27.0. The molecule has 48 heavy (non-hydrogen) atoms. The molecule has 2 heterocycles. The second-order valence-corrected chi connectivity index (χ2v) is 13.5. The first kappa shape index (κ1) is 34.5. The lowest BCUT2D eigenvalue weighted by molar-refractivity contribution is -0.138. The van der Waals surface area contributed by atoms with E-state index in [0.717, 1.165) is 23.2 Å². The average molecular weight is 673 g/mol. The van der Waals surface area contributed by atoms with Crippen molar-refractivity contribution in [2.75, 3.05) is 13.1 Å². The highest BCUT2D eigenvalue weighted by Gasteiger charge is 2.29. The number of carboxylic acid groups (broad SMARTS) is 1. The molecule has 12 nitrogen and oxygen atoms in total. The van der Waals surface area contributed by atoms with Crippen molar-refractivity contribution in [2.24, 2.45) is 0 Å². The van der Waals surface area contributed by atoms with Crippen LogP contribution in [0.3, 0.4) is 0 Å². The number of benzene rings is 3. The van der Waals surface area contributed by atoms with E-state index >= 15 is 0 Å². The van der Waals surface area contributed by atoms with Gasteiger partial charge in [0, 0.05) is 37.8 Å². The van der Waals surface area contributed by atoms with Gasteiger partial charge in [0.05, 0.1) is 10.4 Å². The number of aryl methyl sites for hydroxylation is 5. The van der Waals surface area contributed by atoms with Gasteiger partial charge in [0.2, 0.25) is 15.5 Å². The van der Waals surface area contributed by atoms with E-state index in [2.05, 4.69) is 26.0 Å². The number of carbonyl (C=O) groups is 2. The van der Waals surface area contributed by atoms with Crippen LogP contribution in [0.4, 0.5) is 0 Å². The largest absolute Gasteiger partial charge is 0.480 e. The van der Waals surface area contributed by atoms with Gasteiger partial charge in [0.1, 0.15) is 17.9 Å². The fourth-order valence-corrected chi connectivity index (χ4v) is 7.55. The lowest BCUT2D eigenvalue weighted by Crippen LogP contribution is -2.52. The molecule has 5 rings (SSSR count). The zero-order valence-corrected chi connectivity index (χ0v) is 27.9. The van der Waals surface area contributed by atoms with E-state index in [1.807, 2.05) is 66.2 Å². The van der Waals surface area contributed by atoms with Gasteiger partial charge in [-0.05, 0) is 67.8 Å². The Kier molecular flexibility index (Phi) is 10.7. The maximum Gasteiger partial charge on any atom is 0.323 e. The van der Waals surface area contributed by atoms with Crippen molar-refractivity contribution in [3.05, 3.63) is 123 Å². The molecule has 1 amide bonds. The molecule has 1 aromatic heterocycles. The van der Waals surface area contributed by atoms with Crippen LogP contribution < -0.4 is 31.4 Å². The highest BCUT2D eigenvalue weighted by atomic mass is 32.2. The number of carbonyl (C=O) groups excluding carboxylic acids is 1. The average Bonchev–Trinajstić information content (AvgIpc) is 3.05. The van der Waals surface area contributed by atoms with E-state index in [0.29, 0.717) is 41.5 Å². The number of nitrogens with zero attached hydrogens (tertiary/aromatic N) is 1. The summed E-state index contributed by atoms with van der Waals surface area (Å²) in [4.78, 5) is 39.2. The van der Waals surface area contributed by atoms with Crippen molar-refractivity contribution in [1.29, 1.82) is 0 Å². The number of carboxylic acids is 1. The minimum Gasteiger partial charge on any atom is -0.480 e. The summed E-state index contributed by atoms with van der Waals surface area (Å²) in [5.74, 6) is -2.28. The second kappa shape index (κ2) is 14.9.